The van der Waals surface area contributed by atoms with Gasteiger partial charge in [-0.25, -0.2) is 0 Å². The molecule has 0 amide bonds. The first kappa shape index (κ1) is 10.1. The summed E-state index contributed by atoms with van der Waals surface area (Å²) in [5.74, 6) is -0.144. The number of hydrogen-bond donors (Lipinski definition) is 0. The molecule has 0 aliphatic carbocycles. The maximum Gasteiger partial charge on any atom is 0.137 e. The second-order valence-corrected chi connectivity index (χ2v) is 2.55. The average Bonchev–Trinajstić information content (AvgIpc) is 1.99. The molecule has 11 heavy (non-hydrogen) atoms. The summed E-state index contributed by atoms with van der Waals surface area (Å²) in [4.78, 5) is 21.7. The second kappa shape index (κ2) is 4.83. The molecule has 0 N–H and O–H groups in total. The Bertz CT molecular complexity index is 170. The second-order valence-electron chi connectivity index (χ2n) is 2.55. The van der Waals surface area contributed by atoms with Gasteiger partial charge in [-0.1, -0.05) is 13.0 Å². The molecular formula is C9H14O2. The molecule has 0 heterocycles. The van der Waals surface area contributed by atoms with E-state index < -0.39 is 0 Å². The first-order chi connectivity index (χ1) is 5.11. The monoisotopic (exact) mass is 154 g/mol. The summed E-state index contributed by atoms with van der Waals surface area (Å²) in [6.45, 7) is 6.77. The Labute approximate surface area is 67.3 Å². The lowest BCUT2D eigenvalue weighted by atomic mass is 9.98. The van der Waals surface area contributed by atoms with Gasteiger partial charge in [-0.05, 0) is 6.92 Å². The number of rotatable bonds is 5. The van der Waals surface area contributed by atoms with Gasteiger partial charge in [0.1, 0.15) is 11.6 Å². The predicted octanol–water partition coefficient (Wildman–Crippen LogP) is 1.75. The molecule has 0 rings (SSSR count). The summed E-state index contributed by atoms with van der Waals surface area (Å²) in [7, 11) is 0. The summed E-state index contributed by atoms with van der Waals surface area (Å²) < 4.78 is 0. The molecule has 1 atom stereocenters. The number of allylic oxidation sites excluding steroid dienone is 1. The summed E-state index contributed by atoms with van der Waals surface area (Å²) in [6, 6.07) is 0. The largest absolute Gasteiger partial charge is 0.300 e. The van der Waals surface area contributed by atoms with Gasteiger partial charge in [0.15, 0.2) is 0 Å². The van der Waals surface area contributed by atoms with Gasteiger partial charge in [-0.2, -0.15) is 0 Å². The third-order valence-electron chi connectivity index (χ3n) is 1.65. The zero-order valence-corrected chi connectivity index (χ0v) is 7.09. The van der Waals surface area contributed by atoms with Gasteiger partial charge in [-0.3, -0.25) is 9.59 Å². The van der Waals surface area contributed by atoms with Gasteiger partial charge >= 0.3 is 0 Å². The number of carbonyl (C=O) groups excluding carboxylic acids is 2. The van der Waals surface area contributed by atoms with Crippen LogP contribution >= 0.6 is 0 Å². The Morgan fingerprint density at radius 3 is 2.36 bits per heavy atom. The number of ketones is 2. The van der Waals surface area contributed by atoms with Crippen molar-refractivity contribution in [2.45, 2.75) is 26.7 Å². The van der Waals surface area contributed by atoms with Crippen LogP contribution in [0.4, 0.5) is 0 Å². The lowest BCUT2D eigenvalue weighted by Gasteiger charge is -2.04. The van der Waals surface area contributed by atoms with Crippen molar-refractivity contribution in [1.29, 1.82) is 0 Å². The van der Waals surface area contributed by atoms with Crippen molar-refractivity contribution in [3.8, 4) is 0 Å². The minimum absolute atomic E-state index is 0.0156. The topological polar surface area (TPSA) is 34.1 Å². The maximum absolute atomic E-state index is 10.9. The van der Waals surface area contributed by atoms with E-state index in [0.29, 0.717) is 12.8 Å². The van der Waals surface area contributed by atoms with Crippen molar-refractivity contribution in [3.63, 3.8) is 0 Å². The fourth-order valence-corrected chi connectivity index (χ4v) is 0.783. The highest BCUT2D eigenvalue weighted by Gasteiger charge is 2.12. The molecule has 2 nitrogen and oxygen atoms in total. The summed E-state index contributed by atoms with van der Waals surface area (Å²) in [6.07, 6.45) is 2.35. The van der Waals surface area contributed by atoms with E-state index in [0.717, 1.165) is 0 Å². The van der Waals surface area contributed by atoms with Crippen LogP contribution < -0.4 is 0 Å². The smallest absolute Gasteiger partial charge is 0.137 e. The van der Waals surface area contributed by atoms with Crippen LogP contribution in [0.25, 0.3) is 0 Å². The molecule has 0 aromatic carbocycles. The zero-order chi connectivity index (χ0) is 8.85. The van der Waals surface area contributed by atoms with Crippen LogP contribution in [0.1, 0.15) is 26.7 Å². The molecule has 0 radical (unpaired) electrons. The van der Waals surface area contributed by atoms with E-state index in [1.165, 1.54) is 13.0 Å². The lowest BCUT2D eigenvalue weighted by molar-refractivity contribution is -0.125. The van der Waals surface area contributed by atoms with Crippen molar-refractivity contribution in [1.82, 2.24) is 0 Å². The van der Waals surface area contributed by atoms with Crippen LogP contribution in [0.3, 0.4) is 0 Å². The fourth-order valence-electron chi connectivity index (χ4n) is 0.783. The molecule has 0 saturated carbocycles. The highest BCUT2D eigenvalue weighted by atomic mass is 16.1. The van der Waals surface area contributed by atoms with Crippen LogP contribution in [0.2, 0.25) is 0 Å². The SMILES string of the molecule is C=CC(CC(=O)CC)C(C)=O. The molecule has 0 bridgehead atoms. The Kier molecular flexibility index (Phi) is 4.42. The van der Waals surface area contributed by atoms with Crippen LogP contribution in [0, 0.1) is 5.92 Å². The van der Waals surface area contributed by atoms with Gasteiger partial charge in [0.25, 0.3) is 0 Å². The van der Waals surface area contributed by atoms with Gasteiger partial charge in [0, 0.05) is 18.8 Å². The van der Waals surface area contributed by atoms with Crippen LogP contribution in [-0.4, -0.2) is 11.6 Å². The molecule has 0 aliphatic heterocycles. The Balaban J connectivity index is 3.98. The quantitative estimate of drug-likeness (QED) is 0.565. The Hall–Kier alpha value is -0.920. The predicted molar refractivity (Wildman–Crippen MR) is 44.3 cm³/mol. The zero-order valence-electron chi connectivity index (χ0n) is 7.09. The van der Waals surface area contributed by atoms with E-state index in [1.807, 2.05) is 0 Å². The minimum atomic E-state index is -0.276. The van der Waals surface area contributed by atoms with Crippen molar-refractivity contribution in [2.75, 3.05) is 0 Å². The van der Waals surface area contributed by atoms with E-state index in [1.54, 1.807) is 6.92 Å². The summed E-state index contributed by atoms with van der Waals surface area (Å²) >= 11 is 0. The number of hydrogen-bond acceptors (Lipinski definition) is 2. The van der Waals surface area contributed by atoms with Crippen LogP contribution in [-0.2, 0) is 9.59 Å². The third-order valence-corrected chi connectivity index (χ3v) is 1.65. The first-order valence-electron chi connectivity index (χ1n) is 3.76. The molecule has 2 heteroatoms. The molecule has 0 fully saturated rings. The average molecular weight is 154 g/mol. The fraction of sp³-hybridized carbons (Fsp3) is 0.556. The van der Waals surface area contributed by atoms with E-state index in [-0.39, 0.29) is 17.5 Å². The molecular weight excluding hydrogens is 140 g/mol. The van der Waals surface area contributed by atoms with E-state index in [2.05, 4.69) is 6.58 Å². The summed E-state index contributed by atoms with van der Waals surface area (Å²) in [5.41, 5.74) is 0. The normalized spacial score (nSPS) is 12.2. The minimum Gasteiger partial charge on any atom is -0.300 e. The molecule has 1 unspecified atom stereocenters. The highest BCUT2D eigenvalue weighted by Crippen LogP contribution is 2.07. The summed E-state index contributed by atoms with van der Waals surface area (Å²) in [5, 5.41) is 0. The van der Waals surface area contributed by atoms with Crippen molar-refractivity contribution >= 4 is 11.6 Å². The first-order valence-corrected chi connectivity index (χ1v) is 3.76. The van der Waals surface area contributed by atoms with Gasteiger partial charge in [0.2, 0.25) is 0 Å². The molecule has 0 aliphatic rings. The van der Waals surface area contributed by atoms with E-state index in [9.17, 15) is 9.59 Å². The standard InChI is InChI=1S/C9H14O2/c1-4-8(7(3)10)6-9(11)5-2/h4,8H,1,5-6H2,2-3H3. The number of carbonyl (C=O) groups is 2. The van der Waals surface area contributed by atoms with E-state index >= 15 is 0 Å². The van der Waals surface area contributed by atoms with Crippen LogP contribution in [0.5, 0.6) is 0 Å². The highest BCUT2D eigenvalue weighted by molar-refractivity contribution is 5.87. The molecule has 0 aromatic rings. The maximum atomic E-state index is 10.9. The van der Waals surface area contributed by atoms with Gasteiger partial charge in [0.05, 0.1) is 0 Å². The van der Waals surface area contributed by atoms with E-state index in [4.69, 9.17) is 0 Å². The molecule has 62 valence electrons. The third kappa shape index (κ3) is 3.71. The van der Waals surface area contributed by atoms with Gasteiger partial charge < -0.3 is 0 Å². The molecule has 0 aromatic heterocycles. The lowest BCUT2D eigenvalue weighted by Crippen LogP contribution is -2.12. The van der Waals surface area contributed by atoms with Crippen molar-refractivity contribution in [2.24, 2.45) is 5.92 Å². The van der Waals surface area contributed by atoms with Crippen molar-refractivity contribution in [3.05, 3.63) is 12.7 Å². The van der Waals surface area contributed by atoms with Gasteiger partial charge in [-0.15, -0.1) is 6.58 Å². The Morgan fingerprint density at radius 1 is 1.55 bits per heavy atom. The molecule has 0 saturated heterocycles. The van der Waals surface area contributed by atoms with Crippen LogP contribution in [0.15, 0.2) is 12.7 Å². The van der Waals surface area contributed by atoms with Crippen molar-refractivity contribution < 1.29 is 9.59 Å². The molecule has 0 spiro atoms. The Morgan fingerprint density at radius 2 is 2.09 bits per heavy atom. The number of Topliss-reactive ketones (excluding diaryl/α,β-unsaturated/α-hetero) is 2.